The van der Waals surface area contributed by atoms with Gasteiger partial charge < -0.3 is 4.90 Å². The van der Waals surface area contributed by atoms with E-state index < -0.39 is 23.1 Å². The maximum atomic E-state index is 13.7. The van der Waals surface area contributed by atoms with Crippen molar-refractivity contribution in [2.45, 2.75) is 24.9 Å². The Balaban J connectivity index is 1.42. The van der Waals surface area contributed by atoms with Crippen molar-refractivity contribution in [1.82, 2.24) is 9.96 Å². The summed E-state index contributed by atoms with van der Waals surface area (Å²) < 4.78 is 26.9. The molecule has 1 aromatic carbocycles. The SMILES string of the molecule is O=C(c1cc(F)ccc1F)N1CC2(CC(=O)N(CC3CC3)O2)C1. The lowest BCUT2D eigenvalue weighted by molar-refractivity contribution is -0.230. The molecule has 23 heavy (non-hydrogen) atoms. The van der Waals surface area contributed by atoms with Crippen molar-refractivity contribution in [3.63, 3.8) is 0 Å². The highest BCUT2D eigenvalue weighted by Crippen LogP contribution is 2.39. The zero-order chi connectivity index (χ0) is 16.2. The van der Waals surface area contributed by atoms with Crippen LogP contribution in [-0.2, 0) is 9.63 Å². The van der Waals surface area contributed by atoms with E-state index in [-0.39, 0.29) is 31.0 Å². The Morgan fingerprint density at radius 1 is 1.30 bits per heavy atom. The lowest BCUT2D eigenvalue weighted by Crippen LogP contribution is -2.63. The number of halogens is 2. The van der Waals surface area contributed by atoms with Crippen LogP contribution in [0.25, 0.3) is 0 Å². The van der Waals surface area contributed by atoms with Crippen molar-refractivity contribution in [3.8, 4) is 0 Å². The highest BCUT2D eigenvalue weighted by molar-refractivity contribution is 5.95. The van der Waals surface area contributed by atoms with Crippen LogP contribution in [0.3, 0.4) is 0 Å². The minimum atomic E-state index is -0.754. The molecule has 0 aromatic heterocycles. The summed E-state index contributed by atoms with van der Waals surface area (Å²) in [6.45, 7) is 1.04. The first-order valence-corrected chi connectivity index (χ1v) is 7.70. The van der Waals surface area contributed by atoms with Gasteiger partial charge in [-0.25, -0.2) is 13.8 Å². The van der Waals surface area contributed by atoms with Crippen molar-refractivity contribution >= 4 is 11.8 Å². The third kappa shape index (κ3) is 2.59. The number of hydroxylamine groups is 2. The number of hydrogen-bond acceptors (Lipinski definition) is 3. The van der Waals surface area contributed by atoms with E-state index in [1.807, 2.05) is 0 Å². The van der Waals surface area contributed by atoms with Crippen molar-refractivity contribution in [2.24, 2.45) is 5.92 Å². The van der Waals surface area contributed by atoms with Gasteiger partial charge in [0.1, 0.15) is 17.2 Å². The predicted molar refractivity (Wildman–Crippen MR) is 75.1 cm³/mol. The standard InChI is InChI=1S/C16H16F2N2O3/c17-11-3-4-13(18)12(5-11)15(22)19-8-16(9-19)6-14(21)20(23-16)7-10-1-2-10/h3-5,10H,1-2,6-9H2. The van der Waals surface area contributed by atoms with Crippen LogP contribution in [-0.4, -0.2) is 47.0 Å². The van der Waals surface area contributed by atoms with E-state index in [9.17, 15) is 18.4 Å². The molecular formula is C16H16F2N2O3. The monoisotopic (exact) mass is 322 g/mol. The quantitative estimate of drug-likeness (QED) is 0.852. The molecule has 2 heterocycles. The molecule has 3 fully saturated rings. The predicted octanol–water partition coefficient (Wildman–Crippen LogP) is 1.73. The van der Waals surface area contributed by atoms with Crippen LogP contribution in [0.4, 0.5) is 8.78 Å². The second kappa shape index (κ2) is 4.99. The number of carbonyl (C=O) groups excluding carboxylic acids is 2. The zero-order valence-electron chi connectivity index (χ0n) is 12.4. The van der Waals surface area contributed by atoms with Crippen LogP contribution < -0.4 is 0 Å². The maximum absolute atomic E-state index is 13.7. The van der Waals surface area contributed by atoms with Crippen LogP contribution in [0.1, 0.15) is 29.6 Å². The van der Waals surface area contributed by atoms with Crippen LogP contribution in [0.15, 0.2) is 18.2 Å². The number of carbonyl (C=O) groups is 2. The third-order valence-electron chi connectivity index (χ3n) is 4.58. The number of rotatable bonds is 3. The van der Waals surface area contributed by atoms with Gasteiger partial charge in [0.05, 0.1) is 31.6 Å². The van der Waals surface area contributed by atoms with Crippen LogP contribution >= 0.6 is 0 Å². The number of hydrogen-bond donors (Lipinski definition) is 0. The number of nitrogens with zero attached hydrogens (tertiary/aromatic N) is 2. The fourth-order valence-electron chi connectivity index (χ4n) is 3.15. The number of benzene rings is 1. The molecule has 1 saturated carbocycles. The lowest BCUT2D eigenvalue weighted by Gasteiger charge is -2.45. The molecule has 0 unspecified atom stereocenters. The Hall–Kier alpha value is -2.02. The average molecular weight is 322 g/mol. The van der Waals surface area contributed by atoms with E-state index in [0.29, 0.717) is 12.5 Å². The molecule has 7 heteroatoms. The molecule has 4 rings (SSSR count). The summed E-state index contributed by atoms with van der Waals surface area (Å²) in [5, 5.41) is 1.41. The van der Waals surface area contributed by atoms with Crippen molar-refractivity contribution in [3.05, 3.63) is 35.4 Å². The van der Waals surface area contributed by atoms with E-state index in [4.69, 9.17) is 4.84 Å². The Kier molecular flexibility index (Phi) is 3.16. The molecule has 0 atom stereocenters. The highest BCUT2D eigenvalue weighted by atomic mass is 19.1. The van der Waals surface area contributed by atoms with E-state index in [1.165, 1.54) is 9.96 Å². The smallest absolute Gasteiger partial charge is 0.257 e. The van der Waals surface area contributed by atoms with Crippen molar-refractivity contribution < 1.29 is 23.2 Å². The molecule has 0 radical (unpaired) electrons. The fraction of sp³-hybridized carbons (Fsp3) is 0.500. The first-order chi connectivity index (χ1) is 11.0. The Morgan fingerprint density at radius 2 is 2.04 bits per heavy atom. The molecular weight excluding hydrogens is 306 g/mol. The molecule has 2 amide bonds. The Morgan fingerprint density at radius 3 is 2.74 bits per heavy atom. The molecule has 0 N–H and O–H groups in total. The maximum Gasteiger partial charge on any atom is 0.257 e. The molecule has 2 aliphatic heterocycles. The molecule has 0 bridgehead atoms. The molecule has 122 valence electrons. The zero-order valence-corrected chi connectivity index (χ0v) is 12.4. The first-order valence-electron chi connectivity index (χ1n) is 7.70. The molecule has 3 aliphatic rings. The second-order valence-electron chi connectivity index (χ2n) is 6.63. The van der Waals surface area contributed by atoms with Gasteiger partial charge in [0.15, 0.2) is 0 Å². The van der Waals surface area contributed by atoms with Gasteiger partial charge in [-0.2, -0.15) is 0 Å². The van der Waals surface area contributed by atoms with Gasteiger partial charge in [-0.15, -0.1) is 0 Å². The van der Waals surface area contributed by atoms with Gasteiger partial charge in [0.2, 0.25) is 5.91 Å². The minimum Gasteiger partial charge on any atom is -0.332 e. The van der Waals surface area contributed by atoms with Gasteiger partial charge in [-0.3, -0.25) is 14.4 Å². The fourth-order valence-corrected chi connectivity index (χ4v) is 3.15. The Bertz CT molecular complexity index is 684. The summed E-state index contributed by atoms with van der Waals surface area (Å²) in [4.78, 5) is 31.4. The molecule has 5 nitrogen and oxygen atoms in total. The summed E-state index contributed by atoms with van der Waals surface area (Å²) in [7, 11) is 0. The average Bonchev–Trinajstić information content (AvgIpc) is 3.22. The minimum absolute atomic E-state index is 0.0686. The summed E-state index contributed by atoms with van der Waals surface area (Å²) in [5.41, 5.74) is -0.982. The van der Waals surface area contributed by atoms with E-state index in [0.717, 1.165) is 31.0 Å². The first kappa shape index (κ1) is 14.6. The van der Waals surface area contributed by atoms with Gasteiger partial charge in [-0.1, -0.05) is 0 Å². The summed E-state index contributed by atoms with van der Waals surface area (Å²) in [6.07, 6.45) is 2.46. The third-order valence-corrected chi connectivity index (χ3v) is 4.58. The Labute approximate surface area is 131 Å². The highest BCUT2D eigenvalue weighted by Gasteiger charge is 2.55. The van der Waals surface area contributed by atoms with Gasteiger partial charge >= 0.3 is 0 Å². The van der Waals surface area contributed by atoms with Crippen molar-refractivity contribution in [2.75, 3.05) is 19.6 Å². The largest absolute Gasteiger partial charge is 0.332 e. The second-order valence-corrected chi connectivity index (χ2v) is 6.63. The van der Waals surface area contributed by atoms with E-state index in [1.54, 1.807) is 0 Å². The van der Waals surface area contributed by atoms with Crippen LogP contribution in [0, 0.1) is 17.6 Å². The summed E-state index contributed by atoms with van der Waals surface area (Å²) in [6, 6.07) is 2.80. The van der Waals surface area contributed by atoms with Gasteiger partial charge in [0.25, 0.3) is 5.91 Å². The number of amides is 2. The van der Waals surface area contributed by atoms with Gasteiger partial charge in [0, 0.05) is 0 Å². The number of likely N-dealkylation sites (tertiary alicyclic amines) is 1. The lowest BCUT2D eigenvalue weighted by atomic mass is 9.90. The molecule has 1 aliphatic carbocycles. The summed E-state index contributed by atoms with van der Waals surface area (Å²) in [5.74, 6) is -1.54. The molecule has 2 saturated heterocycles. The van der Waals surface area contributed by atoms with Gasteiger partial charge in [-0.05, 0) is 37.0 Å². The topological polar surface area (TPSA) is 49.9 Å². The van der Waals surface area contributed by atoms with Crippen molar-refractivity contribution in [1.29, 1.82) is 0 Å². The van der Waals surface area contributed by atoms with E-state index in [2.05, 4.69) is 0 Å². The molecule has 1 spiro atoms. The van der Waals surface area contributed by atoms with Crippen LogP contribution in [0.2, 0.25) is 0 Å². The molecule has 1 aromatic rings. The van der Waals surface area contributed by atoms with E-state index >= 15 is 0 Å². The normalized spacial score (nSPS) is 22.6. The van der Waals surface area contributed by atoms with Crippen LogP contribution in [0.5, 0.6) is 0 Å². The summed E-state index contributed by atoms with van der Waals surface area (Å²) >= 11 is 0.